The number of carbonyl (C=O) groups excluding carboxylic acids is 1. The Hall–Kier alpha value is -3.06. The highest BCUT2D eigenvalue weighted by Crippen LogP contribution is 2.20. The van der Waals surface area contributed by atoms with E-state index in [0.29, 0.717) is 24.4 Å². The van der Waals surface area contributed by atoms with Crippen LogP contribution in [0, 0.1) is 0 Å². The average Bonchev–Trinajstić information content (AvgIpc) is 3.10. The van der Waals surface area contributed by atoms with Crippen molar-refractivity contribution in [1.82, 2.24) is 15.5 Å². The van der Waals surface area contributed by atoms with Crippen molar-refractivity contribution in [3.8, 4) is 5.75 Å². The molecule has 3 rings (SSSR count). The molecule has 1 fully saturated rings. The lowest BCUT2D eigenvalue weighted by Crippen LogP contribution is -2.44. The molecule has 0 bridgehead atoms. The maximum absolute atomic E-state index is 10.9. The maximum Gasteiger partial charge on any atom is 0.255 e. The van der Waals surface area contributed by atoms with Gasteiger partial charge >= 0.3 is 0 Å². The van der Waals surface area contributed by atoms with Crippen molar-refractivity contribution >= 4 is 11.9 Å². The van der Waals surface area contributed by atoms with E-state index in [1.807, 2.05) is 18.2 Å². The van der Waals surface area contributed by atoms with Crippen molar-refractivity contribution in [1.29, 1.82) is 0 Å². The molecule has 0 aromatic heterocycles. The zero-order valence-corrected chi connectivity index (χ0v) is 18.4. The SMILES string of the molecule is CCNC(=NCc1cccc(OCC(N)=O)c1)NC1CC(C)N(Cc2ccccc2)C1. The van der Waals surface area contributed by atoms with Gasteiger partial charge in [0.05, 0.1) is 6.54 Å². The third kappa shape index (κ3) is 7.29. The van der Waals surface area contributed by atoms with E-state index in [4.69, 9.17) is 15.5 Å². The van der Waals surface area contributed by atoms with Crippen molar-refractivity contribution in [3.63, 3.8) is 0 Å². The number of likely N-dealkylation sites (tertiary alicyclic amines) is 1. The highest BCUT2D eigenvalue weighted by molar-refractivity contribution is 5.80. The van der Waals surface area contributed by atoms with Crippen LogP contribution in [0.4, 0.5) is 0 Å². The summed E-state index contributed by atoms with van der Waals surface area (Å²) in [6.45, 7) is 7.47. The summed E-state index contributed by atoms with van der Waals surface area (Å²) in [5.74, 6) is 0.935. The Labute approximate surface area is 184 Å². The Kier molecular flexibility index (Phi) is 8.29. The Balaban J connectivity index is 1.57. The van der Waals surface area contributed by atoms with Gasteiger partial charge in [0.15, 0.2) is 12.6 Å². The number of primary amides is 1. The Morgan fingerprint density at radius 3 is 2.71 bits per heavy atom. The molecule has 1 aliphatic heterocycles. The summed E-state index contributed by atoms with van der Waals surface area (Å²) in [5.41, 5.74) is 7.49. The molecule has 0 spiro atoms. The molecule has 0 saturated carbocycles. The third-order valence-electron chi connectivity index (χ3n) is 5.32. The monoisotopic (exact) mass is 423 g/mol. The molecule has 2 aromatic carbocycles. The van der Waals surface area contributed by atoms with E-state index in [1.54, 1.807) is 6.07 Å². The van der Waals surface area contributed by atoms with Gasteiger partial charge < -0.3 is 21.1 Å². The molecule has 4 N–H and O–H groups in total. The number of carbonyl (C=O) groups is 1. The van der Waals surface area contributed by atoms with E-state index in [-0.39, 0.29) is 6.61 Å². The van der Waals surface area contributed by atoms with Crippen LogP contribution in [-0.4, -0.2) is 48.5 Å². The van der Waals surface area contributed by atoms with Gasteiger partial charge in [-0.2, -0.15) is 0 Å². The third-order valence-corrected chi connectivity index (χ3v) is 5.32. The van der Waals surface area contributed by atoms with E-state index < -0.39 is 5.91 Å². The van der Waals surface area contributed by atoms with Crippen molar-refractivity contribution in [2.45, 2.75) is 45.4 Å². The molecule has 2 unspecified atom stereocenters. The van der Waals surface area contributed by atoms with E-state index in [1.165, 1.54) is 5.56 Å². The zero-order valence-electron chi connectivity index (χ0n) is 18.4. The van der Waals surface area contributed by atoms with Crippen LogP contribution < -0.4 is 21.1 Å². The predicted octanol–water partition coefficient (Wildman–Crippen LogP) is 2.27. The van der Waals surface area contributed by atoms with E-state index in [0.717, 1.165) is 37.6 Å². The van der Waals surface area contributed by atoms with Crippen LogP contribution >= 0.6 is 0 Å². The van der Waals surface area contributed by atoms with Crippen molar-refractivity contribution < 1.29 is 9.53 Å². The van der Waals surface area contributed by atoms with Crippen molar-refractivity contribution in [3.05, 3.63) is 65.7 Å². The number of nitrogens with two attached hydrogens (primary N) is 1. The Morgan fingerprint density at radius 1 is 1.19 bits per heavy atom. The van der Waals surface area contributed by atoms with Crippen LogP contribution in [0.5, 0.6) is 5.75 Å². The van der Waals surface area contributed by atoms with Crippen LogP contribution in [0.3, 0.4) is 0 Å². The average molecular weight is 424 g/mol. The summed E-state index contributed by atoms with van der Waals surface area (Å²) in [5, 5.41) is 6.93. The number of ether oxygens (including phenoxy) is 1. The molecule has 2 atom stereocenters. The minimum atomic E-state index is -0.492. The number of amides is 1. The molecular formula is C24H33N5O2. The van der Waals surface area contributed by atoms with Crippen molar-refractivity contribution in [2.24, 2.45) is 10.7 Å². The van der Waals surface area contributed by atoms with Crippen LogP contribution in [-0.2, 0) is 17.9 Å². The number of nitrogens with one attached hydrogen (secondary N) is 2. The Morgan fingerprint density at radius 2 is 1.97 bits per heavy atom. The van der Waals surface area contributed by atoms with Gasteiger partial charge in [-0.15, -0.1) is 0 Å². The second-order valence-corrected chi connectivity index (χ2v) is 7.94. The van der Waals surface area contributed by atoms with E-state index in [2.05, 4.69) is 59.7 Å². The van der Waals surface area contributed by atoms with Crippen LogP contribution in [0.15, 0.2) is 59.6 Å². The zero-order chi connectivity index (χ0) is 22.1. The summed E-state index contributed by atoms with van der Waals surface area (Å²) in [4.78, 5) is 18.2. The molecule has 1 heterocycles. The number of aliphatic imine (C=N–C) groups is 1. The lowest BCUT2D eigenvalue weighted by atomic mass is 10.2. The molecule has 7 heteroatoms. The summed E-state index contributed by atoms with van der Waals surface area (Å²) in [7, 11) is 0. The van der Waals surface area contributed by atoms with Gasteiger partial charge in [0, 0.05) is 31.7 Å². The van der Waals surface area contributed by atoms with Gasteiger partial charge in [0.25, 0.3) is 5.91 Å². The molecule has 0 radical (unpaired) electrons. The minimum Gasteiger partial charge on any atom is -0.484 e. The molecule has 31 heavy (non-hydrogen) atoms. The lowest BCUT2D eigenvalue weighted by Gasteiger charge is -2.21. The molecule has 1 aliphatic rings. The van der Waals surface area contributed by atoms with Gasteiger partial charge in [-0.1, -0.05) is 42.5 Å². The van der Waals surface area contributed by atoms with Gasteiger partial charge in [-0.3, -0.25) is 9.69 Å². The highest BCUT2D eigenvalue weighted by atomic mass is 16.5. The summed E-state index contributed by atoms with van der Waals surface area (Å²) < 4.78 is 5.38. The first-order valence-corrected chi connectivity index (χ1v) is 10.9. The quantitative estimate of drug-likeness (QED) is 0.425. The van der Waals surface area contributed by atoms with Gasteiger partial charge in [-0.25, -0.2) is 4.99 Å². The molecule has 166 valence electrons. The fraction of sp³-hybridized carbons (Fsp3) is 0.417. The van der Waals surface area contributed by atoms with E-state index in [9.17, 15) is 4.79 Å². The second-order valence-electron chi connectivity index (χ2n) is 7.94. The number of hydrogen-bond acceptors (Lipinski definition) is 4. The normalized spacial score (nSPS) is 19.2. The van der Waals surface area contributed by atoms with Gasteiger partial charge in [-0.05, 0) is 43.5 Å². The second kappa shape index (κ2) is 11.4. The Bertz CT molecular complexity index is 871. The summed E-state index contributed by atoms with van der Waals surface area (Å²) in [6, 6.07) is 19.0. The van der Waals surface area contributed by atoms with Crippen LogP contribution in [0.25, 0.3) is 0 Å². The molecule has 7 nitrogen and oxygen atoms in total. The summed E-state index contributed by atoms with van der Waals surface area (Å²) in [6.07, 6.45) is 1.08. The number of guanidine groups is 1. The number of benzene rings is 2. The fourth-order valence-corrected chi connectivity index (χ4v) is 3.81. The topological polar surface area (TPSA) is 92.0 Å². The maximum atomic E-state index is 10.9. The molecule has 2 aromatic rings. The summed E-state index contributed by atoms with van der Waals surface area (Å²) >= 11 is 0. The van der Waals surface area contributed by atoms with Crippen LogP contribution in [0.2, 0.25) is 0 Å². The number of rotatable bonds is 9. The molecular weight excluding hydrogens is 390 g/mol. The van der Waals surface area contributed by atoms with Crippen molar-refractivity contribution in [2.75, 3.05) is 19.7 Å². The van der Waals surface area contributed by atoms with Gasteiger partial charge in [0.1, 0.15) is 5.75 Å². The first kappa shape index (κ1) is 22.6. The first-order chi connectivity index (χ1) is 15.0. The lowest BCUT2D eigenvalue weighted by molar-refractivity contribution is -0.119. The van der Waals surface area contributed by atoms with Crippen LogP contribution in [0.1, 0.15) is 31.4 Å². The minimum absolute atomic E-state index is 0.129. The van der Waals surface area contributed by atoms with E-state index >= 15 is 0 Å². The standard InChI is InChI=1S/C24H33N5O2/c1-3-26-24(27-14-20-10-7-11-22(13-20)31-17-23(25)30)28-21-12-18(2)29(16-21)15-19-8-5-4-6-9-19/h4-11,13,18,21H,3,12,14-17H2,1-2H3,(H2,25,30)(H2,26,27,28). The number of hydrogen-bond donors (Lipinski definition) is 3. The molecule has 1 amide bonds. The number of nitrogens with zero attached hydrogens (tertiary/aromatic N) is 2. The molecule has 1 saturated heterocycles. The highest BCUT2D eigenvalue weighted by Gasteiger charge is 2.29. The predicted molar refractivity (Wildman–Crippen MR) is 124 cm³/mol. The van der Waals surface area contributed by atoms with Gasteiger partial charge in [0.2, 0.25) is 0 Å². The molecule has 0 aliphatic carbocycles. The first-order valence-electron chi connectivity index (χ1n) is 10.9. The largest absolute Gasteiger partial charge is 0.484 e. The smallest absolute Gasteiger partial charge is 0.255 e. The fourth-order valence-electron chi connectivity index (χ4n) is 3.81.